The number of thiophene rings is 1. The predicted octanol–water partition coefficient (Wildman–Crippen LogP) is 0.280. The highest BCUT2D eigenvalue weighted by molar-refractivity contribution is 7.91. The van der Waals surface area contributed by atoms with Crippen molar-refractivity contribution in [2.75, 3.05) is 31.6 Å². The van der Waals surface area contributed by atoms with Crippen molar-refractivity contribution >= 4 is 37.1 Å². The van der Waals surface area contributed by atoms with E-state index in [1.165, 1.54) is 10.4 Å². The van der Waals surface area contributed by atoms with Gasteiger partial charge >= 0.3 is 0 Å². The molecule has 0 bridgehead atoms. The van der Waals surface area contributed by atoms with Crippen LogP contribution in [0.5, 0.6) is 0 Å². The summed E-state index contributed by atoms with van der Waals surface area (Å²) in [4.78, 5) is 0. The van der Waals surface area contributed by atoms with Crippen LogP contribution in [0.3, 0.4) is 0 Å². The van der Waals surface area contributed by atoms with Gasteiger partial charge in [0.1, 0.15) is 4.21 Å². The quantitative estimate of drug-likeness (QED) is 0.660. The molecule has 0 unspecified atom stereocenters. The molecule has 1 aromatic heterocycles. The number of nitrogens with one attached hydrogen (secondary N) is 1. The third-order valence-electron chi connectivity index (χ3n) is 2.56. The molecule has 10 heteroatoms. The molecule has 1 rings (SSSR count). The number of nitrogens with two attached hydrogens (primary N) is 1. The number of nitrogen functional groups attached to an aromatic ring is 1. The van der Waals surface area contributed by atoms with E-state index in [1.54, 1.807) is 12.3 Å². The fraction of sp³-hybridized carbons (Fsp3) is 0.600. The van der Waals surface area contributed by atoms with Crippen LogP contribution in [-0.4, -0.2) is 47.0 Å². The molecule has 7 nitrogen and oxygen atoms in total. The Hall–Kier alpha value is -0.680. The molecule has 20 heavy (non-hydrogen) atoms. The van der Waals surface area contributed by atoms with E-state index < -0.39 is 20.0 Å². The summed E-state index contributed by atoms with van der Waals surface area (Å²) in [5.74, 6) is 0. The van der Waals surface area contributed by atoms with Crippen molar-refractivity contribution in [2.24, 2.45) is 0 Å². The van der Waals surface area contributed by atoms with Gasteiger partial charge in [-0.3, -0.25) is 0 Å². The van der Waals surface area contributed by atoms with Gasteiger partial charge in [-0.1, -0.05) is 6.92 Å². The third kappa shape index (κ3) is 5.02. The summed E-state index contributed by atoms with van der Waals surface area (Å²) in [5.41, 5.74) is 5.89. The van der Waals surface area contributed by atoms with Crippen LogP contribution in [0.2, 0.25) is 0 Å². The highest BCUT2D eigenvalue weighted by Gasteiger charge is 2.17. The van der Waals surface area contributed by atoms with Crippen LogP contribution >= 0.6 is 11.3 Å². The van der Waals surface area contributed by atoms with Crippen LogP contribution in [-0.2, 0) is 20.0 Å². The van der Waals surface area contributed by atoms with Crippen molar-refractivity contribution in [1.82, 2.24) is 9.03 Å². The van der Waals surface area contributed by atoms with Crippen molar-refractivity contribution in [1.29, 1.82) is 0 Å². The zero-order valence-corrected chi connectivity index (χ0v) is 13.8. The smallest absolute Gasteiger partial charge is 0.250 e. The van der Waals surface area contributed by atoms with E-state index in [0.29, 0.717) is 18.7 Å². The molecule has 0 spiro atoms. The lowest BCUT2D eigenvalue weighted by atomic mass is 10.4. The van der Waals surface area contributed by atoms with E-state index in [4.69, 9.17) is 5.73 Å². The van der Waals surface area contributed by atoms with Crippen molar-refractivity contribution in [2.45, 2.75) is 17.6 Å². The summed E-state index contributed by atoms with van der Waals surface area (Å²) in [7, 11) is -6.80. The second kappa shape index (κ2) is 6.85. The molecule has 1 aromatic rings. The summed E-state index contributed by atoms with van der Waals surface area (Å²) in [5, 5.41) is 1.55. The molecule has 3 N–H and O–H groups in total. The number of anilines is 1. The van der Waals surface area contributed by atoms with Gasteiger partial charge in [0.25, 0.3) is 0 Å². The molecule has 0 aliphatic carbocycles. The average molecular weight is 341 g/mol. The van der Waals surface area contributed by atoms with Gasteiger partial charge in [-0.25, -0.2) is 25.9 Å². The first-order valence-corrected chi connectivity index (χ1v) is 10.2. The van der Waals surface area contributed by atoms with Crippen LogP contribution < -0.4 is 10.5 Å². The molecule has 0 saturated heterocycles. The van der Waals surface area contributed by atoms with Gasteiger partial charge in [0.2, 0.25) is 20.0 Å². The number of nitrogens with zero attached hydrogens (tertiary/aromatic N) is 1. The standard InChI is InChI=1S/C10H19N3O4S3/c1-3-13(19(2,14)15)6-4-5-12-20(16,17)10-7-9(11)8-18-10/h7-8,12H,3-6,11H2,1-2H3. The molecule has 0 aliphatic heterocycles. The molecule has 0 fully saturated rings. The number of rotatable bonds is 8. The summed E-state index contributed by atoms with van der Waals surface area (Å²) >= 11 is 1.05. The average Bonchev–Trinajstić information content (AvgIpc) is 2.75. The van der Waals surface area contributed by atoms with Gasteiger partial charge in [-0.2, -0.15) is 0 Å². The molecular weight excluding hydrogens is 322 g/mol. The van der Waals surface area contributed by atoms with Gasteiger partial charge < -0.3 is 5.73 Å². The first-order valence-electron chi connectivity index (χ1n) is 5.95. The molecule has 1 heterocycles. The van der Waals surface area contributed by atoms with Crippen LogP contribution in [0.4, 0.5) is 5.69 Å². The third-order valence-corrected chi connectivity index (χ3v) is 6.86. The minimum atomic E-state index is -3.56. The zero-order chi connectivity index (χ0) is 15.4. The fourth-order valence-corrected chi connectivity index (χ4v) is 4.69. The molecule has 0 aliphatic rings. The van der Waals surface area contributed by atoms with E-state index >= 15 is 0 Å². The lowest BCUT2D eigenvalue weighted by molar-refractivity contribution is 0.424. The molecule has 0 radical (unpaired) electrons. The Bertz CT molecular complexity index is 636. The lowest BCUT2D eigenvalue weighted by Crippen LogP contribution is -2.33. The number of hydrogen-bond acceptors (Lipinski definition) is 6. The SMILES string of the molecule is CCN(CCCNS(=O)(=O)c1cc(N)cs1)S(C)(=O)=O. The van der Waals surface area contributed by atoms with Crippen molar-refractivity contribution in [3.8, 4) is 0 Å². The first kappa shape index (κ1) is 17.4. The number of hydrogen-bond donors (Lipinski definition) is 2. The van der Waals surface area contributed by atoms with E-state index in [2.05, 4.69) is 4.72 Å². The zero-order valence-electron chi connectivity index (χ0n) is 11.4. The Balaban J connectivity index is 2.49. The van der Waals surface area contributed by atoms with Crippen LogP contribution in [0.15, 0.2) is 15.7 Å². The van der Waals surface area contributed by atoms with Crippen LogP contribution in [0.1, 0.15) is 13.3 Å². The minimum Gasteiger partial charge on any atom is -0.398 e. The second-order valence-corrected chi connectivity index (χ2v) is 9.09. The Morgan fingerprint density at radius 2 is 2.00 bits per heavy atom. The Morgan fingerprint density at radius 3 is 2.45 bits per heavy atom. The topological polar surface area (TPSA) is 110 Å². The summed E-state index contributed by atoms with van der Waals surface area (Å²) in [6, 6.07) is 1.39. The maximum absolute atomic E-state index is 11.9. The van der Waals surface area contributed by atoms with Gasteiger partial charge in [-0.15, -0.1) is 11.3 Å². The van der Waals surface area contributed by atoms with E-state index in [1.807, 2.05) is 0 Å². The Kier molecular flexibility index (Phi) is 5.95. The van der Waals surface area contributed by atoms with Gasteiger partial charge in [-0.05, 0) is 12.5 Å². The van der Waals surface area contributed by atoms with Crippen LogP contribution in [0.25, 0.3) is 0 Å². The monoisotopic (exact) mass is 341 g/mol. The maximum atomic E-state index is 11.9. The van der Waals surface area contributed by atoms with Gasteiger partial charge in [0.15, 0.2) is 0 Å². The van der Waals surface area contributed by atoms with Gasteiger partial charge in [0, 0.05) is 30.7 Å². The molecule has 116 valence electrons. The molecular formula is C10H19N3O4S3. The normalized spacial score (nSPS) is 12.9. The predicted molar refractivity (Wildman–Crippen MR) is 80.6 cm³/mol. The second-order valence-electron chi connectivity index (χ2n) is 4.21. The lowest BCUT2D eigenvalue weighted by Gasteiger charge is -2.17. The van der Waals surface area contributed by atoms with Crippen LogP contribution in [0, 0.1) is 0 Å². The van der Waals surface area contributed by atoms with Crippen molar-refractivity contribution < 1.29 is 16.8 Å². The molecule has 0 atom stereocenters. The Morgan fingerprint density at radius 1 is 1.35 bits per heavy atom. The number of sulfonamides is 2. The summed E-state index contributed by atoms with van der Waals surface area (Å²) in [6.45, 7) is 2.56. The minimum absolute atomic E-state index is 0.158. The maximum Gasteiger partial charge on any atom is 0.250 e. The van der Waals surface area contributed by atoms with Crippen molar-refractivity contribution in [3.05, 3.63) is 11.4 Å². The van der Waals surface area contributed by atoms with E-state index in [-0.39, 0.29) is 17.3 Å². The van der Waals surface area contributed by atoms with Crippen molar-refractivity contribution in [3.63, 3.8) is 0 Å². The van der Waals surface area contributed by atoms with E-state index in [9.17, 15) is 16.8 Å². The molecule has 0 saturated carbocycles. The Labute approximate surface area is 123 Å². The summed E-state index contributed by atoms with van der Waals surface area (Å²) < 4.78 is 50.3. The largest absolute Gasteiger partial charge is 0.398 e. The van der Waals surface area contributed by atoms with E-state index in [0.717, 1.165) is 17.6 Å². The first-order chi connectivity index (χ1) is 9.16. The highest BCUT2D eigenvalue weighted by atomic mass is 32.2. The molecule has 0 amide bonds. The molecule has 0 aromatic carbocycles. The fourth-order valence-electron chi connectivity index (χ4n) is 1.56. The van der Waals surface area contributed by atoms with Gasteiger partial charge in [0.05, 0.1) is 6.26 Å². The summed E-state index contributed by atoms with van der Waals surface area (Å²) in [6.07, 6.45) is 1.54. The highest BCUT2D eigenvalue weighted by Crippen LogP contribution is 2.21.